The van der Waals surface area contributed by atoms with E-state index in [1.165, 1.54) is 12.1 Å². The first kappa shape index (κ1) is 13.9. The van der Waals surface area contributed by atoms with E-state index in [1.54, 1.807) is 0 Å². The Kier molecular flexibility index (Phi) is 4.72. The summed E-state index contributed by atoms with van der Waals surface area (Å²) in [6.07, 6.45) is -0.0412. The van der Waals surface area contributed by atoms with Crippen molar-refractivity contribution in [1.29, 1.82) is 0 Å². The Morgan fingerprint density at radius 2 is 2.33 bits per heavy atom. The van der Waals surface area contributed by atoms with Gasteiger partial charge in [0, 0.05) is 17.6 Å². The predicted molar refractivity (Wildman–Crippen MR) is 72.9 cm³/mol. The summed E-state index contributed by atoms with van der Waals surface area (Å²) in [7, 11) is 0. The Hall–Kier alpha value is -0.490. The highest BCUT2D eigenvalue weighted by molar-refractivity contribution is 9.10. The maximum absolute atomic E-state index is 13.2. The van der Waals surface area contributed by atoms with E-state index < -0.39 is 0 Å². The van der Waals surface area contributed by atoms with Crippen molar-refractivity contribution in [2.24, 2.45) is 5.73 Å². The van der Waals surface area contributed by atoms with Crippen LogP contribution in [0.1, 0.15) is 18.5 Å². The van der Waals surface area contributed by atoms with Crippen LogP contribution in [0.5, 0.6) is 0 Å². The van der Waals surface area contributed by atoms with Crippen LogP contribution in [0.2, 0.25) is 0 Å². The molecule has 1 aromatic rings. The van der Waals surface area contributed by atoms with Crippen molar-refractivity contribution in [2.45, 2.75) is 19.1 Å². The smallest absolute Gasteiger partial charge is 0.124 e. The van der Waals surface area contributed by atoms with Gasteiger partial charge in [0.15, 0.2) is 0 Å². The van der Waals surface area contributed by atoms with Crippen molar-refractivity contribution >= 4 is 15.9 Å². The fourth-order valence-electron chi connectivity index (χ4n) is 2.48. The number of morpholine rings is 1. The lowest BCUT2D eigenvalue weighted by Gasteiger charge is -2.41. The van der Waals surface area contributed by atoms with E-state index in [1.807, 2.05) is 6.07 Å². The molecule has 3 nitrogen and oxygen atoms in total. The molecule has 1 fully saturated rings. The van der Waals surface area contributed by atoms with Crippen molar-refractivity contribution in [3.8, 4) is 0 Å². The summed E-state index contributed by atoms with van der Waals surface area (Å²) in [4.78, 5) is 2.32. The molecule has 0 spiro atoms. The lowest BCUT2D eigenvalue weighted by Crippen LogP contribution is -2.48. The second-order valence-corrected chi connectivity index (χ2v) is 5.24. The van der Waals surface area contributed by atoms with Gasteiger partial charge in [-0.05, 0) is 24.2 Å². The predicted octanol–water partition coefficient (Wildman–Crippen LogP) is 2.31. The quantitative estimate of drug-likeness (QED) is 0.930. The summed E-state index contributed by atoms with van der Waals surface area (Å²) in [6.45, 7) is 5.08. The molecule has 0 aromatic heterocycles. The molecule has 0 radical (unpaired) electrons. The Bertz CT molecular complexity index is 404. The molecule has 1 heterocycles. The van der Waals surface area contributed by atoms with Crippen LogP contribution < -0.4 is 5.73 Å². The normalized spacial score (nSPS) is 25.3. The Labute approximate surface area is 115 Å². The number of likely N-dealkylation sites (N-methyl/N-ethyl adjacent to an activating group) is 1. The maximum atomic E-state index is 13.2. The average molecular weight is 317 g/mol. The van der Waals surface area contributed by atoms with Crippen molar-refractivity contribution in [1.82, 2.24) is 4.90 Å². The maximum Gasteiger partial charge on any atom is 0.124 e. The first-order chi connectivity index (χ1) is 8.67. The highest BCUT2D eigenvalue weighted by Crippen LogP contribution is 2.33. The third kappa shape index (κ3) is 2.74. The van der Waals surface area contributed by atoms with Gasteiger partial charge in [0.1, 0.15) is 5.82 Å². The zero-order valence-electron chi connectivity index (χ0n) is 10.4. The van der Waals surface area contributed by atoms with Crippen LogP contribution in [-0.2, 0) is 4.74 Å². The SMILES string of the molecule is CCN1CCOC(CN)C1c1ccc(F)cc1Br. The van der Waals surface area contributed by atoms with Gasteiger partial charge in [0.25, 0.3) is 0 Å². The Balaban J connectivity index is 2.36. The van der Waals surface area contributed by atoms with Crippen molar-refractivity contribution in [2.75, 3.05) is 26.2 Å². The van der Waals surface area contributed by atoms with Crippen LogP contribution in [0, 0.1) is 5.82 Å². The van der Waals surface area contributed by atoms with Gasteiger partial charge >= 0.3 is 0 Å². The monoisotopic (exact) mass is 316 g/mol. The fraction of sp³-hybridized carbons (Fsp3) is 0.538. The van der Waals surface area contributed by atoms with Gasteiger partial charge in [-0.2, -0.15) is 0 Å². The summed E-state index contributed by atoms with van der Waals surface area (Å²) in [6, 6.07) is 4.87. The van der Waals surface area contributed by atoms with Gasteiger partial charge in [0.2, 0.25) is 0 Å². The molecule has 5 heteroatoms. The minimum absolute atomic E-state index is 0.0412. The molecular weight excluding hydrogens is 299 g/mol. The van der Waals surface area contributed by atoms with Gasteiger partial charge < -0.3 is 10.5 Å². The Morgan fingerprint density at radius 3 is 2.94 bits per heavy atom. The van der Waals surface area contributed by atoms with E-state index in [2.05, 4.69) is 27.8 Å². The molecule has 1 saturated heterocycles. The molecule has 2 atom stereocenters. The molecule has 2 rings (SSSR count). The molecule has 0 saturated carbocycles. The van der Waals surface area contributed by atoms with Crippen LogP contribution in [0.4, 0.5) is 4.39 Å². The molecule has 0 amide bonds. The van der Waals surface area contributed by atoms with E-state index in [4.69, 9.17) is 10.5 Å². The molecule has 100 valence electrons. The van der Waals surface area contributed by atoms with Gasteiger partial charge in [-0.25, -0.2) is 4.39 Å². The van der Waals surface area contributed by atoms with Crippen molar-refractivity contribution in [3.63, 3.8) is 0 Å². The zero-order valence-corrected chi connectivity index (χ0v) is 12.0. The molecule has 1 aliphatic heterocycles. The van der Waals surface area contributed by atoms with Crippen molar-refractivity contribution in [3.05, 3.63) is 34.1 Å². The van der Waals surface area contributed by atoms with Crippen LogP contribution >= 0.6 is 15.9 Å². The van der Waals surface area contributed by atoms with Crippen molar-refractivity contribution < 1.29 is 9.13 Å². The van der Waals surface area contributed by atoms with Gasteiger partial charge in [-0.15, -0.1) is 0 Å². The zero-order chi connectivity index (χ0) is 13.1. The number of ether oxygens (including phenoxy) is 1. The first-order valence-corrected chi connectivity index (χ1v) is 6.97. The molecule has 2 unspecified atom stereocenters. The third-order valence-electron chi connectivity index (χ3n) is 3.38. The number of halogens is 2. The molecule has 0 bridgehead atoms. The number of nitrogens with zero attached hydrogens (tertiary/aromatic N) is 1. The Morgan fingerprint density at radius 1 is 1.56 bits per heavy atom. The standard InChI is InChI=1S/C13H18BrFN2O/c1-2-17-5-6-18-12(8-16)13(17)10-4-3-9(15)7-11(10)14/h3-4,7,12-13H,2,5-6,8,16H2,1H3. The number of hydrogen-bond acceptors (Lipinski definition) is 3. The second-order valence-electron chi connectivity index (χ2n) is 4.38. The third-order valence-corrected chi connectivity index (χ3v) is 4.06. The second kappa shape index (κ2) is 6.10. The summed E-state index contributed by atoms with van der Waals surface area (Å²) in [5.74, 6) is -0.241. The fourth-order valence-corrected chi connectivity index (χ4v) is 3.06. The minimum Gasteiger partial charge on any atom is -0.374 e. The van der Waals surface area contributed by atoms with E-state index in [-0.39, 0.29) is 18.0 Å². The molecule has 0 aliphatic carbocycles. The van der Waals surface area contributed by atoms with E-state index in [0.717, 1.165) is 23.1 Å². The molecule has 1 aliphatic rings. The van der Waals surface area contributed by atoms with E-state index in [0.29, 0.717) is 13.2 Å². The summed E-state index contributed by atoms with van der Waals surface area (Å²) in [5.41, 5.74) is 6.82. The molecule has 1 aromatic carbocycles. The molecule has 2 N–H and O–H groups in total. The number of benzene rings is 1. The van der Waals surface area contributed by atoms with Crippen LogP contribution in [0.15, 0.2) is 22.7 Å². The summed E-state index contributed by atoms with van der Waals surface area (Å²) < 4.78 is 19.7. The van der Waals surface area contributed by atoms with E-state index >= 15 is 0 Å². The number of nitrogens with two attached hydrogens (primary N) is 1. The summed E-state index contributed by atoms with van der Waals surface area (Å²) >= 11 is 3.43. The largest absolute Gasteiger partial charge is 0.374 e. The van der Waals surface area contributed by atoms with Crippen LogP contribution in [0.25, 0.3) is 0 Å². The first-order valence-electron chi connectivity index (χ1n) is 6.18. The van der Waals surface area contributed by atoms with E-state index in [9.17, 15) is 4.39 Å². The van der Waals surface area contributed by atoms with Gasteiger partial charge in [-0.1, -0.05) is 28.9 Å². The lowest BCUT2D eigenvalue weighted by molar-refractivity contribution is -0.0660. The lowest BCUT2D eigenvalue weighted by atomic mass is 9.98. The topological polar surface area (TPSA) is 38.5 Å². The minimum atomic E-state index is -0.241. The summed E-state index contributed by atoms with van der Waals surface area (Å²) in [5, 5.41) is 0. The molecular formula is C13H18BrFN2O. The van der Waals surface area contributed by atoms with Crippen LogP contribution in [-0.4, -0.2) is 37.2 Å². The highest BCUT2D eigenvalue weighted by Gasteiger charge is 2.33. The van der Waals surface area contributed by atoms with Gasteiger partial charge in [-0.3, -0.25) is 4.90 Å². The van der Waals surface area contributed by atoms with Crippen LogP contribution in [0.3, 0.4) is 0 Å². The average Bonchev–Trinajstić information content (AvgIpc) is 2.38. The van der Waals surface area contributed by atoms with Gasteiger partial charge in [0.05, 0.1) is 18.8 Å². The highest BCUT2D eigenvalue weighted by atomic mass is 79.9. The number of rotatable bonds is 3. The molecule has 18 heavy (non-hydrogen) atoms. The number of hydrogen-bond donors (Lipinski definition) is 1.